The maximum atomic E-state index is 5.90. The number of nitrogens with one attached hydrogen (secondary N) is 1. The molecule has 0 aromatic heterocycles. The molecule has 1 aliphatic rings. The third-order valence-corrected chi connectivity index (χ3v) is 4.52. The van der Waals surface area contributed by atoms with E-state index in [1.807, 2.05) is 60.8 Å². The summed E-state index contributed by atoms with van der Waals surface area (Å²) in [6.07, 6.45) is 2.86. The van der Waals surface area contributed by atoms with Crippen molar-refractivity contribution < 1.29 is 4.74 Å². The molecule has 0 saturated carbocycles. The van der Waals surface area contributed by atoms with Crippen LogP contribution < -0.4 is 10.2 Å². The van der Waals surface area contributed by atoms with Crippen molar-refractivity contribution in [3.8, 4) is 5.75 Å². The zero-order valence-corrected chi connectivity index (χ0v) is 15.5. The normalized spacial score (nSPS) is 16.0. The molecule has 1 heterocycles. The highest BCUT2D eigenvalue weighted by Crippen LogP contribution is 2.13. The Morgan fingerprint density at radius 2 is 1.85 bits per heavy atom. The highest BCUT2D eigenvalue weighted by Gasteiger charge is 2.12. The molecule has 2 aromatic carbocycles. The lowest BCUT2D eigenvalue weighted by atomic mass is 10.2. The van der Waals surface area contributed by atoms with Gasteiger partial charge in [-0.2, -0.15) is 5.10 Å². The number of hydrogen-bond acceptors (Lipinski definition) is 5. The topological polar surface area (TPSA) is 40.1 Å². The molecule has 1 saturated heterocycles. The molecule has 0 spiro atoms. The monoisotopic (exact) mass is 352 g/mol. The number of hydrogen-bond donors (Lipinski definition) is 1. The first kappa shape index (κ1) is 18.4. The lowest BCUT2D eigenvalue weighted by Crippen LogP contribution is -2.44. The van der Waals surface area contributed by atoms with E-state index in [0.29, 0.717) is 0 Å². The number of likely N-dealkylation sites (N-methyl/N-ethyl adjacent to an activating group) is 1. The summed E-state index contributed by atoms with van der Waals surface area (Å²) in [5, 5.41) is 4.28. The fourth-order valence-electron chi connectivity index (χ4n) is 2.93. The second-order valence-electron chi connectivity index (χ2n) is 6.66. The van der Waals surface area contributed by atoms with Gasteiger partial charge >= 0.3 is 0 Å². The second-order valence-corrected chi connectivity index (χ2v) is 6.66. The van der Waals surface area contributed by atoms with Crippen molar-refractivity contribution in [1.29, 1.82) is 0 Å². The summed E-state index contributed by atoms with van der Waals surface area (Å²) in [7, 11) is 2.19. The van der Waals surface area contributed by atoms with Gasteiger partial charge in [-0.1, -0.05) is 30.3 Å². The minimum atomic E-state index is 0.745. The Bertz CT molecular complexity index is 681. The van der Waals surface area contributed by atoms with Gasteiger partial charge in [-0.25, -0.2) is 0 Å². The van der Waals surface area contributed by atoms with E-state index < -0.39 is 0 Å². The maximum Gasteiger partial charge on any atom is 0.119 e. The molecule has 0 unspecified atom stereocenters. The summed E-state index contributed by atoms with van der Waals surface area (Å²) in [4.78, 5) is 4.90. The summed E-state index contributed by atoms with van der Waals surface area (Å²) in [6, 6.07) is 18.0. The van der Waals surface area contributed by atoms with Gasteiger partial charge in [0.1, 0.15) is 5.75 Å². The summed E-state index contributed by atoms with van der Waals surface area (Å²) < 4.78 is 5.90. The number of ether oxygens (including phenoxy) is 1. The molecule has 0 bridgehead atoms. The molecule has 0 aliphatic carbocycles. The van der Waals surface area contributed by atoms with Crippen molar-refractivity contribution in [2.24, 2.45) is 5.10 Å². The van der Waals surface area contributed by atoms with Crippen LogP contribution in [0.2, 0.25) is 0 Å². The van der Waals surface area contributed by atoms with Gasteiger partial charge in [0.05, 0.1) is 18.5 Å². The van der Waals surface area contributed by atoms with Crippen LogP contribution >= 0.6 is 0 Å². The first-order chi connectivity index (χ1) is 12.8. The van der Waals surface area contributed by atoms with Crippen LogP contribution in [0.4, 0.5) is 5.69 Å². The SMILES string of the molecule is CN1CCN(CCCOc2cccc(C=NNc3ccccc3)c2)CC1. The van der Waals surface area contributed by atoms with E-state index in [2.05, 4.69) is 27.4 Å². The fourth-order valence-corrected chi connectivity index (χ4v) is 2.93. The van der Waals surface area contributed by atoms with Gasteiger partial charge in [0.25, 0.3) is 0 Å². The standard InChI is InChI=1S/C21H28N4O/c1-24-12-14-25(15-13-24)11-6-16-26-21-10-5-7-19(17-21)18-22-23-20-8-3-2-4-9-20/h2-5,7-10,17-18,23H,6,11-16H2,1H3. The van der Waals surface area contributed by atoms with E-state index in [9.17, 15) is 0 Å². The molecule has 2 aromatic rings. The van der Waals surface area contributed by atoms with Gasteiger partial charge in [-0.15, -0.1) is 0 Å². The smallest absolute Gasteiger partial charge is 0.119 e. The predicted octanol–water partition coefficient (Wildman–Crippen LogP) is 3.15. The number of benzene rings is 2. The molecular weight excluding hydrogens is 324 g/mol. The number of piperazine rings is 1. The van der Waals surface area contributed by atoms with E-state index in [0.717, 1.165) is 49.7 Å². The van der Waals surface area contributed by atoms with Crippen LogP contribution in [0.25, 0.3) is 0 Å². The minimum Gasteiger partial charge on any atom is -0.494 e. The average Bonchev–Trinajstić information content (AvgIpc) is 2.68. The average molecular weight is 352 g/mol. The molecule has 138 valence electrons. The van der Waals surface area contributed by atoms with Gasteiger partial charge in [0.15, 0.2) is 0 Å². The van der Waals surface area contributed by atoms with Crippen molar-refractivity contribution in [3.05, 3.63) is 60.2 Å². The molecule has 3 rings (SSSR count). The van der Waals surface area contributed by atoms with Crippen molar-refractivity contribution in [3.63, 3.8) is 0 Å². The van der Waals surface area contributed by atoms with Crippen molar-refractivity contribution >= 4 is 11.9 Å². The van der Waals surface area contributed by atoms with E-state index in [1.165, 1.54) is 13.1 Å². The Balaban J connectivity index is 1.39. The van der Waals surface area contributed by atoms with E-state index >= 15 is 0 Å². The third-order valence-electron chi connectivity index (χ3n) is 4.52. The Morgan fingerprint density at radius 1 is 1.04 bits per heavy atom. The van der Waals surface area contributed by atoms with Crippen LogP contribution in [0.1, 0.15) is 12.0 Å². The van der Waals surface area contributed by atoms with Gasteiger partial charge in [0.2, 0.25) is 0 Å². The number of rotatable bonds is 8. The minimum absolute atomic E-state index is 0.745. The van der Waals surface area contributed by atoms with Crippen molar-refractivity contribution in [2.45, 2.75) is 6.42 Å². The largest absolute Gasteiger partial charge is 0.494 e. The third kappa shape index (κ3) is 6.17. The Kier molecular flexibility index (Phi) is 7.05. The van der Waals surface area contributed by atoms with E-state index in [1.54, 1.807) is 0 Å². The lowest BCUT2D eigenvalue weighted by molar-refractivity contribution is 0.145. The molecular formula is C21H28N4O. The zero-order valence-electron chi connectivity index (χ0n) is 15.5. The van der Waals surface area contributed by atoms with Gasteiger partial charge in [0, 0.05) is 32.7 Å². The predicted molar refractivity (Wildman–Crippen MR) is 108 cm³/mol. The Morgan fingerprint density at radius 3 is 2.65 bits per heavy atom. The first-order valence-corrected chi connectivity index (χ1v) is 9.27. The summed E-state index contributed by atoms with van der Waals surface area (Å²) in [6.45, 7) is 6.51. The molecule has 1 fully saturated rings. The quantitative estimate of drug-likeness (QED) is 0.450. The Labute approximate surface area is 156 Å². The van der Waals surface area contributed by atoms with Crippen LogP contribution in [0.5, 0.6) is 5.75 Å². The molecule has 0 amide bonds. The molecule has 0 radical (unpaired) electrons. The fraction of sp³-hybridized carbons (Fsp3) is 0.381. The number of anilines is 1. The molecule has 1 aliphatic heterocycles. The molecule has 5 heteroatoms. The van der Waals surface area contributed by atoms with Crippen LogP contribution in [0.15, 0.2) is 59.7 Å². The highest BCUT2D eigenvalue weighted by atomic mass is 16.5. The Hall–Kier alpha value is -2.37. The van der Waals surface area contributed by atoms with Crippen molar-refractivity contribution in [1.82, 2.24) is 9.80 Å². The number of hydrazone groups is 1. The van der Waals surface area contributed by atoms with Crippen LogP contribution in [-0.4, -0.2) is 62.4 Å². The highest BCUT2D eigenvalue weighted by molar-refractivity contribution is 5.80. The summed E-state index contributed by atoms with van der Waals surface area (Å²) in [5.74, 6) is 0.895. The molecule has 1 N–H and O–H groups in total. The molecule has 26 heavy (non-hydrogen) atoms. The van der Waals surface area contributed by atoms with Gasteiger partial charge in [-0.3, -0.25) is 5.43 Å². The number of nitrogens with zero attached hydrogens (tertiary/aromatic N) is 3. The van der Waals surface area contributed by atoms with E-state index in [-0.39, 0.29) is 0 Å². The van der Waals surface area contributed by atoms with E-state index in [4.69, 9.17) is 4.74 Å². The molecule has 5 nitrogen and oxygen atoms in total. The first-order valence-electron chi connectivity index (χ1n) is 9.27. The van der Waals surface area contributed by atoms with Crippen LogP contribution in [-0.2, 0) is 0 Å². The zero-order chi connectivity index (χ0) is 18.0. The number of para-hydroxylation sites is 1. The molecule has 0 atom stereocenters. The summed E-state index contributed by atoms with van der Waals surface area (Å²) >= 11 is 0. The van der Waals surface area contributed by atoms with Gasteiger partial charge in [-0.05, 0) is 43.3 Å². The maximum absolute atomic E-state index is 5.90. The second kappa shape index (κ2) is 9.94. The summed E-state index contributed by atoms with van der Waals surface area (Å²) in [5.41, 5.74) is 5.01. The van der Waals surface area contributed by atoms with Crippen molar-refractivity contribution in [2.75, 3.05) is 51.8 Å². The van der Waals surface area contributed by atoms with Crippen LogP contribution in [0, 0.1) is 0 Å². The lowest BCUT2D eigenvalue weighted by Gasteiger charge is -2.32. The van der Waals surface area contributed by atoms with Crippen LogP contribution in [0.3, 0.4) is 0 Å². The van der Waals surface area contributed by atoms with Gasteiger partial charge < -0.3 is 14.5 Å².